The number of halogens is 3. The molecule has 1 amide bonds. The van der Waals surface area contributed by atoms with Crippen molar-refractivity contribution in [1.29, 1.82) is 0 Å². The molecule has 6 nitrogen and oxygen atoms in total. The number of carbonyl (C=O) groups excluding carboxylic acids is 1. The predicted molar refractivity (Wildman–Crippen MR) is 114 cm³/mol. The van der Waals surface area contributed by atoms with Gasteiger partial charge in [0.15, 0.2) is 10.9 Å². The molecule has 2 heterocycles. The van der Waals surface area contributed by atoms with E-state index in [2.05, 4.69) is 15.5 Å². The van der Waals surface area contributed by atoms with Crippen LogP contribution < -0.4 is 5.32 Å². The van der Waals surface area contributed by atoms with Crippen LogP contribution in [0.1, 0.15) is 12.5 Å². The zero-order chi connectivity index (χ0) is 22.7. The first kappa shape index (κ1) is 21.7. The van der Waals surface area contributed by atoms with E-state index in [1.807, 2.05) is 30.3 Å². The van der Waals surface area contributed by atoms with Gasteiger partial charge in [-0.2, -0.15) is 13.2 Å². The number of para-hydroxylation sites is 1. The summed E-state index contributed by atoms with van der Waals surface area (Å²) < 4.78 is 46.0. The van der Waals surface area contributed by atoms with E-state index in [4.69, 9.17) is 4.42 Å². The van der Waals surface area contributed by atoms with E-state index in [-0.39, 0.29) is 5.69 Å². The second-order valence-corrected chi connectivity index (χ2v) is 8.09. The van der Waals surface area contributed by atoms with Gasteiger partial charge in [-0.1, -0.05) is 36.0 Å². The van der Waals surface area contributed by atoms with Crippen LogP contribution in [0.3, 0.4) is 0 Å². The lowest BCUT2D eigenvalue weighted by molar-refractivity contribution is -0.137. The zero-order valence-electron chi connectivity index (χ0n) is 16.7. The van der Waals surface area contributed by atoms with Crippen LogP contribution in [0.2, 0.25) is 0 Å². The molecular weight excluding hydrogens is 441 g/mol. The summed E-state index contributed by atoms with van der Waals surface area (Å²) in [6.45, 7) is 1.64. The van der Waals surface area contributed by atoms with E-state index in [1.54, 1.807) is 23.6 Å². The molecular formula is C22H17F3N4O2S. The Morgan fingerprint density at radius 2 is 1.84 bits per heavy atom. The third-order valence-electron chi connectivity index (χ3n) is 4.50. The number of hydrogen-bond acceptors (Lipinski definition) is 5. The molecule has 0 spiro atoms. The average Bonchev–Trinajstić information content (AvgIpc) is 3.44. The van der Waals surface area contributed by atoms with Gasteiger partial charge in [0, 0.05) is 11.4 Å². The molecule has 1 N–H and O–H groups in total. The number of thioether (sulfide) groups is 1. The number of benzene rings is 2. The zero-order valence-corrected chi connectivity index (χ0v) is 17.5. The molecule has 4 rings (SSSR count). The fourth-order valence-corrected chi connectivity index (χ4v) is 3.82. The summed E-state index contributed by atoms with van der Waals surface area (Å²) in [6.07, 6.45) is -2.97. The van der Waals surface area contributed by atoms with E-state index in [1.165, 1.54) is 18.4 Å². The van der Waals surface area contributed by atoms with E-state index in [0.717, 1.165) is 29.6 Å². The summed E-state index contributed by atoms with van der Waals surface area (Å²) in [7, 11) is 0. The van der Waals surface area contributed by atoms with Gasteiger partial charge in [-0.3, -0.25) is 9.36 Å². The normalized spacial score (nSPS) is 12.5. The summed E-state index contributed by atoms with van der Waals surface area (Å²) >= 11 is 1.13. The Labute approximate surface area is 185 Å². The monoisotopic (exact) mass is 458 g/mol. The Bertz CT molecular complexity index is 1210. The topological polar surface area (TPSA) is 73.0 Å². The van der Waals surface area contributed by atoms with Gasteiger partial charge >= 0.3 is 6.18 Å². The summed E-state index contributed by atoms with van der Waals surface area (Å²) in [5, 5.41) is 10.7. The van der Waals surface area contributed by atoms with Crippen LogP contribution in [0.4, 0.5) is 18.9 Å². The molecule has 0 fully saturated rings. The van der Waals surface area contributed by atoms with E-state index < -0.39 is 22.9 Å². The van der Waals surface area contributed by atoms with Crippen LogP contribution in [-0.2, 0) is 11.0 Å². The third-order valence-corrected chi connectivity index (χ3v) is 5.54. The Kier molecular flexibility index (Phi) is 6.04. The molecule has 0 aliphatic carbocycles. The highest BCUT2D eigenvalue weighted by Crippen LogP contribution is 2.32. The number of anilines is 1. The molecule has 2 aromatic heterocycles. The van der Waals surface area contributed by atoms with E-state index >= 15 is 0 Å². The molecule has 4 aromatic rings. The van der Waals surface area contributed by atoms with Gasteiger partial charge in [-0.25, -0.2) is 0 Å². The third kappa shape index (κ3) is 4.70. The van der Waals surface area contributed by atoms with Crippen molar-refractivity contribution in [3.05, 3.63) is 78.6 Å². The van der Waals surface area contributed by atoms with Gasteiger partial charge in [0.05, 0.1) is 17.1 Å². The van der Waals surface area contributed by atoms with Crippen molar-refractivity contribution in [2.75, 3.05) is 5.32 Å². The lowest BCUT2D eigenvalue weighted by Crippen LogP contribution is -2.23. The highest BCUT2D eigenvalue weighted by Gasteiger charge is 2.30. The van der Waals surface area contributed by atoms with Gasteiger partial charge in [-0.05, 0) is 49.4 Å². The molecule has 0 aliphatic heterocycles. The van der Waals surface area contributed by atoms with Gasteiger partial charge in [0.2, 0.25) is 11.7 Å². The lowest BCUT2D eigenvalue weighted by Gasteiger charge is -2.14. The second kappa shape index (κ2) is 8.91. The first-order valence-electron chi connectivity index (χ1n) is 9.52. The maximum Gasteiger partial charge on any atom is 0.416 e. The van der Waals surface area contributed by atoms with Crippen molar-refractivity contribution in [1.82, 2.24) is 14.8 Å². The highest BCUT2D eigenvalue weighted by molar-refractivity contribution is 8.00. The van der Waals surface area contributed by atoms with Crippen molar-refractivity contribution in [2.24, 2.45) is 0 Å². The summed E-state index contributed by atoms with van der Waals surface area (Å²) in [5.74, 6) is 0.514. The number of nitrogens with one attached hydrogen (secondary N) is 1. The van der Waals surface area contributed by atoms with Gasteiger partial charge in [-0.15, -0.1) is 10.2 Å². The van der Waals surface area contributed by atoms with E-state index in [9.17, 15) is 18.0 Å². The number of furan rings is 1. The maximum atomic E-state index is 12.9. The molecule has 0 radical (unpaired) electrons. The first-order valence-corrected chi connectivity index (χ1v) is 10.4. The van der Waals surface area contributed by atoms with Crippen LogP contribution in [0.25, 0.3) is 17.3 Å². The van der Waals surface area contributed by atoms with Crippen LogP contribution in [0, 0.1) is 0 Å². The van der Waals surface area contributed by atoms with Crippen molar-refractivity contribution < 1.29 is 22.4 Å². The lowest BCUT2D eigenvalue weighted by atomic mass is 10.2. The molecule has 10 heteroatoms. The number of amides is 1. The second-order valence-electron chi connectivity index (χ2n) is 6.78. The Morgan fingerprint density at radius 3 is 2.53 bits per heavy atom. The molecule has 1 unspecified atom stereocenters. The largest absolute Gasteiger partial charge is 0.461 e. The molecule has 32 heavy (non-hydrogen) atoms. The van der Waals surface area contributed by atoms with Gasteiger partial charge in [0.1, 0.15) is 0 Å². The maximum absolute atomic E-state index is 12.9. The number of aromatic nitrogens is 3. The van der Waals surface area contributed by atoms with E-state index in [0.29, 0.717) is 16.7 Å². The molecule has 2 aromatic carbocycles. The Hall–Kier alpha value is -3.53. The van der Waals surface area contributed by atoms with Gasteiger partial charge < -0.3 is 9.73 Å². The summed E-state index contributed by atoms with van der Waals surface area (Å²) in [5.41, 5.74) is 0.0116. The van der Waals surface area contributed by atoms with Crippen LogP contribution in [-0.4, -0.2) is 25.9 Å². The molecule has 164 valence electrons. The quantitative estimate of drug-likeness (QED) is 0.377. The standard InChI is InChI=1S/C22H17F3N4O2S/c1-14(20(30)26-16-8-5-7-15(13-16)22(23,24)25)32-21-28-27-19(18-11-6-12-31-18)29(21)17-9-3-2-4-10-17/h2-14H,1H3,(H,26,30). The molecule has 0 saturated heterocycles. The minimum absolute atomic E-state index is 0.0677. The fraction of sp³-hybridized carbons (Fsp3) is 0.136. The Morgan fingerprint density at radius 1 is 1.06 bits per heavy atom. The number of hydrogen-bond donors (Lipinski definition) is 1. The number of rotatable bonds is 6. The predicted octanol–water partition coefficient (Wildman–Crippen LogP) is 5.67. The van der Waals surface area contributed by atoms with Gasteiger partial charge in [0.25, 0.3) is 0 Å². The van der Waals surface area contributed by atoms with Crippen molar-refractivity contribution in [2.45, 2.75) is 23.5 Å². The smallest absolute Gasteiger partial charge is 0.416 e. The first-order chi connectivity index (χ1) is 15.3. The highest BCUT2D eigenvalue weighted by atomic mass is 32.2. The summed E-state index contributed by atoms with van der Waals surface area (Å²) in [6, 6.07) is 17.3. The van der Waals surface area contributed by atoms with Crippen LogP contribution in [0.15, 0.2) is 82.6 Å². The number of carbonyl (C=O) groups is 1. The average molecular weight is 458 g/mol. The minimum atomic E-state index is -4.49. The number of nitrogens with zero attached hydrogens (tertiary/aromatic N) is 3. The van der Waals surface area contributed by atoms with Crippen LogP contribution in [0.5, 0.6) is 0 Å². The number of alkyl halides is 3. The van der Waals surface area contributed by atoms with Crippen molar-refractivity contribution in [3.8, 4) is 17.3 Å². The molecule has 1 atom stereocenters. The fourth-order valence-electron chi connectivity index (χ4n) is 2.95. The SMILES string of the molecule is CC(Sc1nnc(-c2ccco2)n1-c1ccccc1)C(=O)Nc1cccc(C(F)(F)F)c1. The van der Waals surface area contributed by atoms with Crippen LogP contribution >= 0.6 is 11.8 Å². The molecule has 0 saturated carbocycles. The van der Waals surface area contributed by atoms with Crippen molar-refractivity contribution >= 4 is 23.4 Å². The Balaban J connectivity index is 1.57. The van der Waals surface area contributed by atoms with Crippen molar-refractivity contribution in [3.63, 3.8) is 0 Å². The molecule has 0 bridgehead atoms. The summed E-state index contributed by atoms with van der Waals surface area (Å²) in [4.78, 5) is 12.7. The minimum Gasteiger partial charge on any atom is -0.461 e. The molecule has 0 aliphatic rings.